The van der Waals surface area contributed by atoms with Crippen molar-refractivity contribution in [3.05, 3.63) is 35.5 Å². The second kappa shape index (κ2) is 7.50. The van der Waals surface area contributed by atoms with Gasteiger partial charge in [-0.1, -0.05) is 18.2 Å². The summed E-state index contributed by atoms with van der Waals surface area (Å²) in [6.45, 7) is 4.46. The first-order valence-electron chi connectivity index (χ1n) is 9.30. The van der Waals surface area contributed by atoms with Crippen molar-refractivity contribution in [2.24, 2.45) is 5.73 Å². The topological polar surface area (TPSA) is 100 Å². The van der Waals surface area contributed by atoms with Gasteiger partial charge in [-0.3, -0.25) is 9.59 Å². The second-order valence-electron chi connectivity index (χ2n) is 7.62. The van der Waals surface area contributed by atoms with Gasteiger partial charge in [-0.2, -0.15) is 0 Å². The lowest BCUT2D eigenvalue weighted by molar-refractivity contribution is -0.123. The monoisotopic (exact) mass is 356 g/mol. The number of H-pyrrole nitrogens is 1. The highest BCUT2D eigenvalue weighted by Crippen LogP contribution is 2.28. The summed E-state index contributed by atoms with van der Waals surface area (Å²) in [5.41, 5.74) is 7.97. The molecule has 2 aromatic rings. The van der Waals surface area contributed by atoms with Gasteiger partial charge in [0, 0.05) is 35.4 Å². The molecule has 0 radical (unpaired) electrons. The van der Waals surface area contributed by atoms with Crippen molar-refractivity contribution in [2.75, 3.05) is 6.54 Å². The highest BCUT2D eigenvalue weighted by molar-refractivity contribution is 5.98. The molecule has 1 heterocycles. The molecule has 2 amide bonds. The molecule has 1 aromatic heterocycles. The van der Waals surface area contributed by atoms with Crippen LogP contribution in [0.4, 0.5) is 0 Å². The Morgan fingerprint density at radius 1 is 1.31 bits per heavy atom. The van der Waals surface area contributed by atoms with Gasteiger partial charge in [0.1, 0.15) is 5.69 Å². The number of aryl methyl sites for hydroxylation is 1. The van der Waals surface area contributed by atoms with E-state index in [1.807, 2.05) is 31.2 Å². The zero-order valence-electron chi connectivity index (χ0n) is 15.5. The third-order valence-electron chi connectivity index (χ3n) is 5.35. The molecule has 0 bridgehead atoms. The predicted octanol–water partition coefficient (Wildman–Crippen LogP) is 2.37. The zero-order valence-corrected chi connectivity index (χ0v) is 15.5. The van der Waals surface area contributed by atoms with Crippen molar-refractivity contribution in [1.29, 1.82) is 0 Å². The lowest BCUT2D eigenvalue weighted by Gasteiger charge is -2.38. The van der Waals surface area contributed by atoms with Crippen LogP contribution in [0.5, 0.6) is 0 Å². The number of aromatic amines is 1. The zero-order chi connectivity index (χ0) is 18.7. The Labute approximate surface area is 153 Å². The summed E-state index contributed by atoms with van der Waals surface area (Å²) in [6, 6.07) is 8.06. The van der Waals surface area contributed by atoms with Crippen LogP contribution >= 0.6 is 0 Å². The average Bonchev–Trinajstić information content (AvgIpc) is 3.03. The van der Waals surface area contributed by atoms with Crippen LogP contribution in [-0.2, 0) is 4.79 Å². The maximum Gasteiger partial charge on any atom is 0.267 e. The number of amides is 2. The smallest absolute Gasteiger partial charge is 0.267 e. The molecule has 0 spiro atoms. The molecule has 1 saturated carbocycles. The maximum atomic E-state index is 12.6. The Kier molecular flexibility index (Phi) is 5.32. The SMILES string of the molecule is Cc1cccc2cc(C(=O)N[C@H]3CC[C@](C)(NC(=O)CCN)CC3)[nH]c12. The summed E-state index contributed by atoms with van der Waals surface area (Å²) in [5.74, 6) is -0.0627. The van der Waals surface area contributed by atoms with Gasteiger partial charge in [-0.05, 0) is 51.2 Å². The molecule has 1 aromatic carbocycles. The van der Waals surface area contributed by atoms with Gasteiger partial charge in [0.25, 0.3) is 5.91 Å². The minimum atomic E-state index is -0.203. The number of para-hydroxylation sites is 1. The fourth-order valence-corrected chi connectivity index (χ4v) is 3.75. The Hall–Kier alpha value is -2.34. The van der Waals surface area contributed by atoms with Gasteiger partial charge in [0.2, 0.25) is 5.91 Å². The second-order valence-corrected chi connectivity index (χ2v) is 7.62. The number of hydrogen-bond acceptors (Lipinski definition) is 3. The number of nitrogens with one attached hydrogen (secondary N) is 3. The molecule has 26 heavy (non-hydrogen) atoms. The average molecular weight is 356 g/mol. The lowest BCUT2D eigenvalue weighted by atomic mass is 9.80. The van der Waals surface area contributed by atoms with Gasteiger partial charge in [0.05, 0.1) is 0 Å². The number of fused-ring (bicyclic) bond motifs is 1. The number of benzene rings is 1. The first kappa shape index (κ1) is 18.5. The van der Waals surface area contributed by atoms with E-state index in [1.54, 1.807) is 0 Å². The van der Waals surface area contributed by atoms with Crippen molar-refractivity contribution >= 4 is 22.7 Å². The first-order chi connectivity index (χ1) is 12.4. The van der Waals surface area contributed by atoms with Crippen molar-refractivity contribution in [2.45, 2.75) is 57.5 Å². The van der Waals surface area contributed by atoms with Crippen LogP contribution in [0.25, 0.3) is 10.9 Å². The van der Waals surface area contributed by atoms with E-state index in [9.17, 15) is 9.59 Å². The van der Waals surface area contributed by atoms with E-state index in [2.05, 4.69) is 22.5 Å². The third kappa shape index (κ3) is 4.07. The Bertz CT molecular complexity index is 803. The summed E-state index contributed by atoms with van der Waals surface area (Å²) in [6.07, 6.45) is 3.75. The van der Waals surface area contributed by atoms with Gasteiger partial charge < -0.3 is 21.4 Å². The third-order valence-corrected chi connectivity index (χ3v) is 5.35. The fourth-order valence-electron chi connectivity index (χ4n) is 3.75. The number of aromatic nitrogens is 1. The van der Waals surface area contributed by atoms with Crippen LogP contribution in [0.3, 0.4) is 0 Å². The van der Waals surface area contributed by atoms with E-state index in [-0.39, 0.29) is 23.4 Å². The maximum absolute atomic E-state index is 12.6. The van der Waals surface area contributed by atoms with Crippen LogP contribution in [0, 0.1) is 6.92 Å². The van der Waals surface area contributed by atoms with E-state index < -0.39 is 0 Å². The summed E-state index contributed by atoms with van der Waals surface area (Å²) in [5, 5.41) is 7.27. The standard InChI is InChI=1S/C20H28N4O2/c1-13-4-3-5-14-12-16(23-18(13)14)19(26)22-15-6-9-20(2,10-7-15)24-17(25)8-11-21/h3-5,12,15,23H,6-11,21H2,1-2H3,(H,22,26)(H,24,25)/t15-,20-. The highest BCUT2D eigenvalue weighted by atomic mass is 16.2. The number of hydrogen-bond donors (Lipinski definition) is 4. The molecule has 0 atom stereocenters. The minimum Gasteiger partial charge on any atom is -0.351 e. The molecule has 0 saturated heterocycles. The van der Waals surface area contributed by atoms with Crippen molar-refractivity contribution < 1.29 is 9.59 Å². The van der Waals surface area contributed by atoms with Crippen LogP contribution in [0.2, 0.25) is 0 Å². The summed E-state index contributed by atoms with van der Waals surface area (Å²) in [7, 11) is 0. The molecule has 1 fully saturated rings. The van der Waals surface area contributed by atoms with Crippen molar-refractivity contribution in [3.8, 4) is 0 Å². The fraction of sp³-hybridized carbons (Fsp3) is 0.500. The molecule has 0 aliphatic heterocycles. The Morgan fingerprint density at radius 2 is 2.04 bits per heavy atom. The van der Waals surface area contributed by atoms with Crippen molar-refractivity contribution in [3.63, 3.8) is 0 Å². The summed E-state index contributed by atoms with van der Waals surface area (Å²) >= 11 is 0. The largest absolute Gasteiger partial charge is 0.351 e. The van der Waals surface area contributed by atoms with Gasteiger partial charge >= 0.3 is 0 Å². The van der Waals surface area contributed by atoms with Crippen molar-refractivity contribution in [1.82, 2.24) is 15.6 Å². The van der Waals surface area contributed by atoms with E-state index >= 15 is 0 Å². The minimum absolute atomic E-state index is 0.00549. The highest BCUT2D eigenvalue weighted by Gasteiger charge is 2.32. The molecule has 0 unspecified atom stereocenters. The van der Waals surface area contributed by atoms with Crippen LogP contribution in [0.15, 0.2) is 24.3 Å². The summed E-state index contributed by atoms with van der Waals surface area (Å²) in [4.78, 5) is 27.6. The number of nitrogens with two attached hydrogens (primary N) is 1. The molecule has 1 aliphatic rings. The molecular weight excluding hydrogens is 328 g/mol. The van der Waals surface area contributed by atoms with Gasteiger partial charge in [-0.15, -0.1) is 0 Å². The molecule has 6 heteroatoms. The number of rotatable bonds is 5. The van der Waals surface area contributed by atoms with Gasteiger partial charge in [0.15, 0.2) is 0 Å². The quantitative estimate of drug-likeness (QED) is 0.662. The van der Waals surface area contributed by atoms with Crippen LogP contribution in [0.1, 0.15) is 55.1 Å². The summed E-state index contributed by atoms with van der Waals surface area (Å²) < 4.78 is 0. The number of carbonyl (C=O) groups excluding carboxylic acids is 2. The normalized spacial score (nSPS) is 23.0. The van der Waals surface area contributed by atoms with Gasteiger partial charge in [-0.25, -0.2) is 0 Å². The Balaban J connectivity index is 1.57. The molecule has 5 N–H and O–H groups in total. The molecule has 3 rings (SSSR count). The molecule has 140 valence electrons. The van der Waals surface area contributed by atoms with E-state index in [4.69, 9.17) is 5.73 Å². The lowest BCUT2D eigenvalue weighted by Crippen LogP contribution is -2.51. The number of carbonyl (C=O) groups is 2. The van der Waals surface area contributed by atoms with Crippen LogP contribution in [-0.4, -0.2) is 34.9 Å². The van der Waals surface area contributed by atoms with E-state index in [0.717, 1.165) is 42.1 Å². The first-order valence-corrected chi connectivity index (χ1v) is 9.30. The van der Waals surface area contributed by atoms with E-state index in [0.29, 0.717) is 18.7 Å². The molecular formula is C20H28N4O2. The molecule has 6 nitrogen and oxygen atoms in total. The molecule has 1 aliphatic carbocycles. The van der Waals surface area contributed by atoms with Crippen LogP contribution < -0.4 is 16.4 Å². The Morgan fingerprint density at radius 3 is 2.69 bits per heavy atom. The van der Waals surface area contributed by atoms with E-state index in [1.165, 1.54) is 0 Å². The predicted molar refractivity (Wildman–Crippen MR) is 103 cm³/mol.